The SMILES string of the molecule is Cl.Clc1cc(OC2C[C@H]3C=C[C@@H](C2)N3)ccc1Br. The van der Waals surface area contributed by atoms with Gasteiger partial charge in [-0.3, -0.25) is 0 Å². The van der Waals surface area contributed by atoms with Crippen LogP contribution in [0.2, 0.25) is 5.02 Å². The lowest BCUT2D eigenvalue weighted by Gasteiger charge is -2.29. The average molecular weight is 351 g/mol. The van der Waals surface area contributed by atoms with Crippen molar-refractivity contribution in [1.82, 2.24) is 5.32 Å². The Labute approximate surface area is 126 Å². The highest BCUT2D eigenvalue weighted by Gasteiger charge is 2.30. The molecule has 3 atom stereocenters. The second-order valence-corrected chi connectivity index (χ2v) is 5.81. The van der Waals surface area contributed by atoms with E-state index in [1.807, 2.05) is 18.2 Å². The van der Waals surface area contributed by atoms with Crippen molar-refractivity contribution in [2.45, 2.75) is 31.0 Å². The van der Waals surface area contributed by atoms with Crippen molar-refractivity contribution in [3.8, 4) is 5.75 Å². The Morgan fingerprint density at radius 3 is 2.50 bits per heavy atom. The summed E-state index contributed by atoms with van der Waals surface area (Å²) in [5.41, 5.74) is 0. The van der Waals surface area contributed by atoms with Crippen LogP contribution in [0, 0.1) is 0 Å². The zero-order valence-corrected chi connectivity index (χ0v) is 12.8. The smallest absolute Gasteiger partial charge is 0.121 e. The summed E-state index contributed by atoms with van der Waals surface area (Å²) in [5.74, 6) is 0.851. The van der Waals surface area contributed by atoms with E-state index in [9.17, 15) is 0 Å². The van der Waals surface area contributed by atoms with E-state index in [0.717, 1.165) is 23.1 Å². The molecule has 0 aromatic heterocycles. The van der Waals surface area contributed by atoms with E-state index in [-0.39, 0.29) is 18.5 Å². The molecule has 0 spiro atoms. The maximum Gasteiger partial charge on any atom is 0.121 e. The molecular weight excluding hydrogens is 337 g/mol. The van der Waals surface area contributed by atoms with Gasteiger partial charge in [0.05, 0.1) is 5.02 Å². The zero-order chi connectivity index (χ0) is 11.8. The quantitative estimate of drug-likeness (QED) is 0.815. The van der Waals surface area contributed by atoms with Gasteiger partial charge in [0, 0.05) is 29.4 Å². The molecule has 1 aromatic carbocycles. The molecular formula is C13H14BrCl2NO. The van der Waals surface area contributed by atoms with E-state index in [2.05, 4.69) is 33.4 Å². The number of hydrogen-bond donors (Lipinski definition) is 1. The Hall–Kier alpha value is -0.220. The Morgan fingerprint density at radius 2 is 1.89 bits per heavy atom. The molecule has 2 aliphatic rings. The lowest BCUT2D eigenvalue weighted by molar-refractivity contribution is 0.142. The standard InChI is InChI=1S/C13H13BrClNO.ClH/c14-12-4-3-10(7-13(12)15)17-11-5-8-1-2-9(6-11)16-8;/h1-4,7-9,11,16H,5-6H2;1H/t8-,9+,11?;. The maximum atomic E-state index is 6.05. The van der Waals surface area contributed by atoms with Gasteiger partial charge in [0.25, 0.3) is 0 Å². The van der Waals surface area contributed by atoms with Crippen LogP contribution in [0.15, 0.2) is 34.8 Å². The van der Waals surface area contributed by atoms with E-state index in [1.165, 1.54) is 0 Å². The number of nitrogens with one attached hydrogen (secondary N) is 1. The highest BCUT2D eigenvalue weighted by Crippen LogP contribution is 2.30. The van der Waals surface area contributed by atoms with E-state index in [4.69, 9.17) is 16.3 Å². The van der Waals surface area contributed by atoms with Crippen molar-refractivity contribution >= 4 is 39.9 Å². The predicted octanol–water partition coefficient (Wildman–Crippen LogP) is 3.96. The second-order valence-electron chi connectivity index (χ2n) is 4.55. The summed E-state index contributed by atoms with van der Waals surface area (Å²) in [6.07, 6.45) is 6.81. The molecule has 1 N–H and O–H groups in total. The van der Waals surface area contributed by atoms with Crippen molar-refractivity contribution in [2.24, 2.45) is 0 Å². The normalized spacial score (nSPS) is 28.9. The predicted molar refractivity (Wildman–Crippen MR) is 79.9 cm³/mol. The van der Waals surface area contributed by atoms with Crippen LogP contribution in [-0.2, 0) is 0 Å². The Morgan fingerprint density at radius 1 is 1.22 bits per heavy atom. The van der Waals surface area contributed by atoms with Crippen molar-refractivity contribution in [1.29, 1.82) is 0 Å². The van der Waals surface area contributed by atoms with Gasteiger partial charge in [0.2, 0.25) is 0 Å². The third-order valence-corrected chi connectivity index (χ3v) is 4.46. The molecule has 3 rings (SSSR count). The topological polar surface area (TPSA) is 21.3 Å². The van der Waals surface area contributed by atoms with Gasteiger partial charge in [-0.15, -0.1) is 12.4 Å². The van der Waals surface area contributed by atoms with Gasteiger partial charge in [0.15, 0.2) is 0 Å². The second kappa shape index (κ2) is 5.83. The fourth-order valence-corrected chi connectivity index (χ4v) is 2.87. The van der Waals surface area contributed by atoms with Gasteiger partial charge in [0.1, 0.15) is 11.9 Å². The maximum absolute atomic E-state index is 6.05. The Kier molecular flexibility index (Phi) is 4.59. The summed E-state index contributed by atoms with van der Waals surface area (Å²) in [7, 11) is 0. The van der Waals surface area contributed by atoms with E-state index < -0.39 is 0 Å². The van der Waals surface area contributed by atoms with E-state index in [0.29, 0.717) is 17.1 Å². The summed E-state index contributed by atoms with van der Waals surface area (Å²) in [6.45, 7) is 0. The van der Waals surface area contributed by atoms with Crippen molar-refractivity contribution in [2.75, 3.05) is 0 Å². The molecule has 1 aromatic rings. The average Bonchev–Trinajstić information content (AvgIpc) is 2.64. The lowest BCUT2D eigenvalue weighted by atomic mass is 10.0. The van der Waals surface area contributed by atoms with Gasteiger partial charge in [-0.1, -0.05) is 23.8 Å². The molecule has 2 nitrogen and oxygen atoms in total. The first-order valence-electron chi connectivity index (χ1n) is 5.77. The number of fused-ring (bicyclic) bond motifs is 2. The molecule has 98 valence electrons. The van der Waals surface area contributed by atoms with Crippen LogP contribution in [0.5, 0.6) is 5.75 Å². The molecule has 0 radical (unpaired) electrons. The Balaban J connectivity index is 0.00000120. The first-order valence-corrected chi connectivity index (χ1v) is 6.94. The summed E-state index contributed by atoms with van der Waals surface area (Å²) >= 11 is 9.43. The van der Waals surface area contributed by atoms with Crippen LogP contribution in [0.1, 0.15) is 12.8 Å². The van der Waals surface area contributed by atoms with Crippen LogP contribution < -0.4 is 10.1 Å². The van der Waals surface area contributed by atoms with Crippen molar-refractivity contribution in [3.05, 3.63) is 39.8 Å². The summed E-state index contributed by atoms with van der Waals surface area (Å²) in [5, 5.41) is 4.19. The minimum atomic E-state index is 0. The van der Waals surface area contributed by atoms with Gasteiger partial charge in [-0.25, -0.2) is 0 Å². The number of ether oxygens (including phenoxy) is 1. The first-order chi connectivity index (χ1) is 8.20. The van der Waals surface area contributed by atoms with E-state index in [1.54, 1.807) is 0 Å². The summed E-state index contributed by atoms with van der Waals surface area (Å²) in [6, 6.07) is 6.69. The Bertz CT molecular complexity index is 452. The number of piperidine rings is 1. The molecule has 2 bridgehead atoms. The van der Waals surface area contributed by atoms with Crippen LogP contribution >= 0.6 is 39.9 Å². The van der Waals surface area contributed by atoms with Gasteiger partial charge in [-0.2, -0.15) is 0 Å². The fraction of sp³-hybridized carbons (Fsp3) is 0.385. The molecule has 1 unspecified atom stereocenters. The van der Waals surface area contributed by atoms with Crippen molar-refractivity contribution in [3.63, 3.8) is 0 Å². The highest BCUT2D eigenvalue weighted by atomic mass is 79.9. The summed E-state index contributed by atoms with van der Waals surface area (Å²) < 4.78 is 6.89. The number of rotatable bonds is 2. The molecule has 0 aliphatic carbocycles. The third-order valence-electron chi connectivity index (χ3n) is 3.23. The molecule has 1 saturated heterocycles. The third kappa shape index (κ3) is 3.02. The van der Waals surface area contributed by atoms with Crippen LogP contribution in [-0.4, -0.2) is 18.2 Å². The highest BCUT2D eigenvalue weighted by molar-refractivity contribution is 9.10. The minimum absolute atomic E-state index is 0. The number of benzene rings is 1. The van der Waals surface area contributed by atoms with Crippen molar-refractivity contribution < 1.29 is 4.74 Å². The van der Waals surface area contributed by atoms with Gasteiger partial charge in [-0.05, 0) is 34.1 Å². The molecule has 18 heavy (non-hydrogen) atoms. The van der Waals surface area contributed by atoms with Gasteiger partial charge >= 0.3 is 0 Å². The largest absolute Gasteiger partial charge is 0.490 e. The molecule has 2 heterocycles. The van der Waals surface area contributed by atoms with Crippen LogP contribution in [0.25, 0.3) is 0 Å². The monoisotopic (exact) mass is 349 g/mol. The molecule has 0 saturated carbocycles. The molecule has 2 aliphatic heterocycles. The number of halogens is 3. The van der Waals surface area contributed by atoms with Crippen LogP contribution in [0.4, 0.5) is 0 Å². The summed E-state index contributed by atoms with van der Waals surface area (Å²) in [4.78, 5) is 0. The number of hydrogen-bond acceptors (Lipinski definition) is 2. The molecule has 0 amide bonds. The fourth-order valence-electron chi connectivity index (χ4n) is 2.45. The van der Waals surface area contributed by atoms with E-state index >= 15 is 0 Å². The zero-order valence-electron chi connectivity index (χ0n) is 9.61. The lowest BCUT2D eigenvalue weighted by Crippen LogP contribution is -2.43. The van der Waals surface area contributed by atoms with Gasteiger partial charge < -0.3 is 10.1 Å². The minimum Gasteiger partial charge on any atom is -0.490 e. The molecule has 1 fully saturated rings. The molecule has 5 heteroatoms. The first kappa shape index (κ1) is 14.2. The van der Waals surface area contributed by atoms with Crippen LogP contribution in [0.3, 0.4) is 0 Å².